The predicted octanol–water partition coefficient (Wildman–Crippen LogP) is 3.33. The van der Waals surface area contributed by atoms with E-state index in [0.717, 1.165) is 30.6 Å². The molecule has 2 atom stereocenters. The van der Waals surface area contributed by atoms with E-state index in [2.05, 4.69) is 22.4 Å². The second-order valence-electron chi connectivity index (χ2n) is 6.32. The van der Waals surface area contributed by atoms with Crippen molar-refractivity contribution < 1.29 is 4.52 Å². The van der Waals surface area contributed by atoms with Gasteiger partial charge in [-0.2, -0.15) is 4.98 Å². The minimum absolute atomic E-state index is 0. The third-order valence-corrected chi connectivity index (χ3v) is 4.84. The third kappa shape index (κ3) is 3.73. The molecule has 2 heterocycles. The summed E-state index contributed by atoms with van der Waals surface area (Å²) < 4.78 is 5.46. The standard InChI is InChI=1S/C15H25N3O.ClH/c1-11(13-7-4-8-16-10-13)9-14-17-15(18-19-14)12-5-2-3-6-12;/h11-13,16H,2-10H2,1H3;1H. The highest BCUT2D eigenvalue weighted by atomic mass is 35.5. The molecular formula is C15H26ClN3O. The number of halogens is 1. The van der Waals surface area contributed by atoms with E-state index in [1.807, 2.05) is 0 Å². The van der Waals surface area contributed by atoms with Crippen LogP contribution in [-0.4, -0.2) is 23.2 Å². The van der Waals surface area contributed by atoms with Gasteiger partial charge in [0.2, 0.25) is 5.89 Å². The Balaban J connectivity index is 0.00000147. The summed E-state index contributed by atoms with van der Waals surface area (Å²) in [5, 5.41) is 7.68. The van der Waals surface area contributed by atoms with Crippen molar-refractivity contribution in [2.24, 2.45) is 11.8 Å². The zero-order valence-electron chi connectivity index (χ0n) is 12.3. The van der Waals surface area contributed by atoms with Crippen molar-refractivity contribution in [3.63, 3.8) is 0 Å². The average molecular weight is 300 g/mol. The van der Waals surface area contributed by atoms with E-state index in [4.69, 9.17) is 4.52 Å². The van der Waals surface area contributed by atoms with E-state index >= 15 is 0 Å². The number of rotatable bonds is 4. The lowest BCUT2D eigenvalue weighted by Gasteiger charge is -2.27. The summed E-state index contributed by atoms with van der Waals surface area (Å²) in [6.07, 6.45) is 8.68. The van der Waals surface area contributed by atoms with Gasteiger partial charge in [-0.3, -0.25) is 0 Å². The summed E-state index contributed by atoms with van der Waals surface area (Å²) in [6, 6.07) is 0. The molecule has 0 bridgehead atoms. The Morgan fingerprint density at radius 2 is 2.05 bits per heavy atom. The van der Waals surface area contributed by atoms with Gasteiger partial charge >= 0.3 is 0 Å². The molecule has 2 unspecified atom stereocenters. The van der Waals surface area contributed by atoms with Crippen molar-refractivity contribution in [1.82, 2.24) is 15.5 Å². The van der Waals surface area contributed by atoms with Crippen LogP contribution in [0.25, 0.3) is 0 Å². The molecule has 20 heavy (non-hydrogen) atoms. The van der Waals surface area contributed by atoms with Crippen LogP contribution in [0, 0.1) is 11.8 Å². The lowest BCUT2D eigenvalue weighted by molar-refractivity contribution is 0.256. The number of hydrogen-bond donors (Lipinski definition) is 1. The van der Waals surface area contributed by atoms with Crippen molar-refractivity contribution in [3.8, 4) is 0 Å². The Hall–Kier alpha value is -0.610. The molecule has 5 heteroatoms. The minimum atomic E-state index is 0. The summed E-state index contributed by atoms with van der Waals surface area (Å²) in [4.78, 5) is 4.63. The molecule has 1 saturated heterocycles. The van der Waals surface area contributed by atoms with Crippen LogP contribution in [0.4, 0.5) is 0 Å². The first-order valence-electron chi connectivity index (χ1n) is 7.86. The molecule has 1 aromatic rings. The minimum Gasteiger partial charge on any atom is -0.339 e. The predicted molar refractivity (Wildman–Crippen MR) is 81.2 cm³/mol. The molecule has 114 valence electrons. The number of nitrogens with zero attached hydrogens (tertiary/aromatic N) is 2. The van der Waals surface area contributed by atoms with Crippen molar-refractivity contribution in [3.05, 3.63) is 11.7 Å². The second-order valence-corrected chi connectivity index (χ2v) is 6.32. The average Bonchev–Trinajstić information content (AvgIpc) is 3.10. The van der Waals surface area contributed by atoms with Crippen LogP contribution < -0.4 is 5.32 Å². The highest BCUT2D eigenvalue weighted by Gasteiger charge is 2.25. The van der Waals surface area contributed by atoms with Crippen LogP contribution in [0.15, 0.2) is 4.52 Å². The topological polar surface area (TPSA) is 51.0 Å². The Bertz CT molecular complexity index is 398. The van der Waals surface area contributed by atoms with Gasteiger partial charge in [-0.15, -0.1) is 12.4 Å². The summed E-state index contributed by atoms with van der Waals surface area (Å²) >= 11 is 0. The molecule has 0 spiro atoms. The van der Waals surface area contributed by atoms with Crippen LogP contribution in [0.3, 0.4) is 0 Å². The molecule has 1 aliphatic heterocycles. The molecule has 0 radical (unpaired) electrons. The summed E-state index contributed by atoms with van der Waals surface area (Å²) in [6.45, 7) is 4.64. The van der Waals surface area contributed by atoms with E-state index in [1.165, 1.54) is 45.1 Å². The van der Waals surface area contributed by atoms with Gasteiger partial charge in [0.1, 0.15) is 0 Å². The van der Waals surface area contributed by atoms with Crippen molar-refractivity contribution in [2.45, 2.75) is 57.8 Å². The molecule has 1 N–H and O–H groups in total. The van der Waals surface area contributed by atoms with Crippen LogP contribution in [0.5, 0.6) is 0 Å². The lowest BCUT2D eigenvalue weighted by atomic mass is 9.85. The third-order valence-electron chi connectivity index (χ3n) is 4.84. The van der Waals surface area contributed by atoms with Crippen LogP contribution in [0.1, 0.15) is 63.1 Å². The molecule has 2 fully saturated rings. The highest BCUT2D eigenvalue weighted by molar-refractivity contribution is 5.85. The molecule has 4 nitrogen and oxygen atoms in total. The molecule has 1 aromatic heterocycles. The normalized spacial score (nSPS) is 25.4. The van der Waals surface area contributed by atoms with E-state index in [1.54, 1.807) is 0 Å². The van der Waals surface area contributed by atoms with Gasteiger partial charge in [-0.05, 0) is 50.6 Å². The monoisotopic (exact) mass is 299 g/mol. The zero-order valence-corrected chi connectivity index (χ0v) is 13.1. The maximum atomic E-state index is 5.46. The van der Waals surface area contributed by atoms with Gasteiger partial charge in [-0.25, -0.2) is 0 Å². The fourth-order valence-electron chi connectivity index (χ4n) is 3.51. The number of piperidine rings is 1. The van der Waals surface area contributed by atoms with Crippen molar-refractivity contribution >= 4 is 12.4 Å². The van der Waals surface area contributed by atoms with E-state index in [9.17, 15) is 0 Å². The largest absolute Gasteiger partial charge is 0.339 e. The number of aromatic nitrogens is 2. The van der Waals surface area contributed by atoms with Crippen LogP contribution in [0.2, 0.25) is 0 Å². The van der Waals surface area contributed by atoms with Gasteiger partial charge in [0, 0.05) is 12.3 Å². The molecule has 2 aliphatic rings. The SMILES string of the molecule is CC(Cc1nc(C2CCCC2)no1)C1CCCNC1.Cl. The maximum absolute atomic E-state index is 5.46. The molecular weight excluding hydrogens is 274 g/mol. The molecule has 1 saturated carbocycles. The van der Waals surface area contributed by atoms with E-state index in [0.29, 0.717) is 11.8 Å². The smallest absolute Gasteiger partial charge is 0.226 e. The van der Waals surface area contributed by atoms with Gasteiger partial charge < -0.3 is 9.84 Å². The van der Waals surface area contributed by atoms with Crippen LogP contribution >= 0.6 is 12.4 Å². The highest BCUT2D eigenvalue weighted by Crippen LogP contribution is 2.32. The van der Waals surface area contributed by atoms with E-state index < -0.39 is 0 Å². The first-order chi connectivity index (χ1) is 9.33. The Labute approximate surface area is 127 Å². The zero-order chi connectivity index (χ0) is 13.1. The van der Waals surface area contributed by atoms with Gasteiger partial charge in [0.25, 0.3) is 0 Å². The summed E-state index contributed by atoms with van der Waals surface area (Å²) in [5.41, 5.74) is 0. The second kappa shape index (κ2) is 7.41. The summed E-state index contributed by atoms with van der Waals surface area (Å²) in [5.74, 6) is 3.76. The fraction of sp³-hybridized carbons (Fsp3) is 0.867. The number of hydrogen-bond acceptors (Lipinski definition) is 4. The molecule has 0 aromatic carbocycles. The molecule has 3 rings (SSSR count). The van der Waals surface area contributed by atoms with Crippen LogP contribution in [-0.2, 0) is 6.42 Å². The Kier molecular flexibility index (Phi) is 5.85. The molecule has 1 aliphatic carbocycles. The number of nitrogens with one attached hydrogen (secondary N) is 1. The first kappa shape index (κ1) is 15.8. The molecule has 0 amide bonds. The van der Waals surface area contributed by atoms with Gasteiger partial charge in [0.15, 0.2) is 5.82 Å². The Morgan fingerprint density at radius 1 is 1.25 bits per heavy atom. The quantitative estimate of drug-likeness (QED) is 0.926. The lowest BCUT2D eigenvalue weighted by Crippen LogP contribution is -2.33. The van der Waals surface area contributed by atoms with E-state index in [-0.39, 0.29) is 12.4 Å². The van der Waals surface area contributed by atoms with Gasteiger partial charge in [0.05, 0.1) is 0 Å². The Morgan fingerprint density at radius 3 is 2.75 bits per heavy atom. The first-order valence-corrected chi connectivity index (χ1v) is 7.86. The maximum Gasteiger partial charge on any atom is 0.226 e. The van der Waals surface area contributed by atoms with Crippen molar-refractivity contribution in [2.75, 3.05) is 13.1 Å². The fourth-order valence-corrected chi connectivity index (χ4v) is 3.51. The summed E-state index contributed by atoms with van der Waals surface area (Å²) in [7, 11) is 0. The van der Waals surface area contributed by atoms with Crippen molar-refractivity contribution in [1.29, 1.82) is 0 Å². The van der Waals surface area contributed by atoms with Gasteiger partial charge in [-0.1, -0.05) is 24.9 Å².